The molecule has 0 spiro atoms. The standard InChI is InChI=1S/C7H12Br4O3/c8-1-4-12-7(11,13-5-2-9)14-6-3-10/h1-6H2. The maximum Gasteiger partial charge on any atom is 0.344 e. The average Bonchev–Trinajstić information content (AvgIpc) is 2.21. The fraction of sp³-hybridized carbons (Fsp3) is 1.00. The molecule has 0 aromatic carbocycles. The number of hydrogen-bond donors (Lipinski definition) is 0. The second kappa shape index (κ2) is 9.99. The van der Waals surface area contributed by atoms with Crippen molar-refractivity contribution < 1.29 is 14.2 Å². The van der Waals surface area contributed by atoms with Crippen LogP contribution in [0.5, 0.6) is 0 Å². The van der Waals surface area contributed by atoms with Crippen molar-refractivity contribution in [2.24, 2.45) is 0 Å². The van der Waals surface area contributed by atoms with E-state index in [0.717, 1.165) is 16.0 Å². The minimum atomic E-state index is -1.12. The average molecular weight is 464 g/mol. The molecule has 0 fully saturated rings. The Kier molecular flexibility index (Phi) is 11.3. The van der Waals surface area contributed by atoms with Crippen LogP contribution in [-0.4, -0.2) is 40.7 Å². The zero-order valence-corrected chi connectivity index (χ0v) is 13.8. The molecule has 14 heavy (non-hydrogen) atoms. The molecule has 0 aliphatic carbocycles. The predicted molar refractivity (Wildman–Crippen MR) is 70.9 cm³/mol. The van der Waals surface area contributed by atoms with E-state index in [4.69, 9.17) is 14.2 Å². The Morgan fingerprint density at radius 2 is 1.00 bits per heavy atom. The third kappa shape index (κ3) is 8.01. The fourth-order valence-corrected chi connectivity index (χ4v) is 1.58. The van der Waals surface area contributed by atoms with Gasteiger partial charge in [-0.25, -0.2) is 0 Å². The van der Waals surface area contributed by atoms with Crippen LogP contribution in [0.3, 0.4) is 0 Å². The molecule has 0 aromatic heterocycles. The van der Waals surface area contributed by atoms with Crippen LogP contribution in [0.4, 0.5) is 0 Å². The van der Waals surface area contributed by atoms with Gasteiger partial charge in [0.05, 0.1) is 19.8 Å². The minimum absolute atomic E-state index is 0.510. The molecule has 0 saturated carbocycles. The Balaban J connectivity index is 3.89. The van der Waals surface area contributed by atoms with Crippen molar-refractivity contribution in [2.45, 2.75) is 4.88 Å². The lowest BCUT2D eigenvalue weighted by Crippen LogP contribution is -2.34. The molecule has 0 unspecified atom stereocenters. The number of hydrogen-bond acceptors (Lipinski definition) is 3. The van der Waals surface area contributed by atoms with Crippen LogP contribution >= 0.6 is 63.7 Å². The molecule has 0 amide bonds. The molecular weight excluding hydrogens is 452 g/mol. The first-order valence-corrected chi connectivity index (χ1v) is 8.13. The van der Waals surface area contributed by atoms with Crippen LogP contribution in [0.1, 0.15) is 0 Å². The lowest BCUT2D eigenvalue weighted by Gasteiger charge is -2.26. The van der Waals surface area contributed by atoms with E-state index >= 15 is 0 Å². The van der Waals surface area contributed by atoms with E-state index in [2.05, 4.69) is 63.7 Å². The molecule has 0 radical (unpaired) electrons. The Labute approximate surface area is 118 Å². The second-order valence-corrected chi connectivity index (χ2v) is 5.44. The second-order valence-electron chi connectivity index (χ2n) is 2.09. The van der Waals surface area contributed by atoms with Crippen molar-refractivity contribution in [3.63, 3.8) is 0 Å². The monoisotopic (exact) mass is 460 g/mol. The fourth-order valence-electron chi connectivity index (χ4n) is 0.606. The third-order valence-corrected chi connectivity index (χ3v) is 2.71. The van der Waals surface area contributed by atoms with Gasteiger partial charge in [-0.3, -0.25) is 0 Å². The van der Waals surface area contributed by atoms with E-state index in [1.807, 2.05) is 0 Å². The summed E-state index contributed by atoms with van der Waals surface area (Å²) >= 11 is 13.0. The quantitative estimate of drug-likeness (QED) is 0.388. The van der Waals surface area contributed by atoms with E-state index in [1.54, 1.807) is 0 Å². The highest BCUT2D eigenvalue weighted by Crippen LogP contribution is 2.23. The maximum absolute atomic E-state index is 5.37. The Morgan fingerprint density at radius 3 is 1.21 bits per heavy atom. The minimum Gasteiger partial charge on any atom is -0.317 e. The van der Waals surface area contributed by atoms with Crippen molar-refractivity contribution >= 4 is 63.7 Å². The van der Waals surface area contributed by atoms with Crippen molar-refractivity contribution in [2.75, 3.05) is 35.8 Å². The van der Waals surface area contributed by atoms with Crippen molar-refractivity contribution in [3.05, 3.63) is 0 Å². The highest BCUT2D eigenvalue weighted by molar-refractivity contribution is 9.10. The van der Waals surface area contributed by atoms with Gasteiger partial charge in [-0.15, -0.1) is 0 Å². The summed E-state index contributed by atoms with van der Waals surface area (Å²) in [6.45, 7) is 1.53. The van der Waals surface area contributed by atoms with Gasteiger partial charge in [0.1, 0.15) is 0 Å². The lowest BCUT2D eigenvalue weighted by atomic mass is 10.8. The Hall–Kier alpha value is 1.80. The van der Waals surface area contributed by atoms with Gasteiger partial charge in [0.2, 0.25) is 0 Å². The van der Waals surface area contributed by atoms with Crippen molar-refractivity contribution in [1.82, 2.24) is 0 Å². The zero-order valence-electron chi connectivity index (χ0n) is 7.48. The van der Waals surface area contributed by atoms with E-state index in [1.165, 1.54) is 0 Å². The highest BCUT2D eigenvalue weighted by Gasteiger charge is 2.29. The van der Waals surface area contributed by atoms with Gasteiger partial charge in [0.25, 0.3) is 0 Å². The normalized spacial score (nSPS) is 12.0. The number of rotatable bonds is 9. The summed E-state index contributed by atoms with van der Waals surface area (Å²) in [7, 11) is 0. The molecule has 0 atom stereocenters. The predicted octanol–water partition coefficient (Wildman–Crippen LogP) is 3.23. The van der Waals surface area contributed by atoms with Crippen LogP contribution in [0.2, 0.25) is 0 Å². The summed E-state index contributed by atoms with van der Waals surface area (Å²) in [6, 6.07) is 0. The molecule has 0 aliphatic rings. The summed E-state index contributed by atoms with van der Waals surface area (Å²) in [6.07, 6.45) is 0. The molecule has 0 aromatic rings. The largest absolute Gasteiger partial charge is 0.344 e. The molecule has 7 heteroatoms. The summed E-state index contributed by atoms with van der Waals surface area (Å²) in [5, 5.41) is 2.20. The topological polar surface area (TPSA) is 27.7 Å². The van der Waals surface area contributed by atoms with Crippen LogP contribution in [0.15, 0.2) is 0 Å². The molecule has 0 heterocycles. The first kappa shape index (κ1) is 15.8. The van der Waals surface area contributed by atoms with Crippen LogP contribution in [0.25, 0.3) is 0 Å². The number of ether oxygens (including phenoxy) is 3. The SMILES string of the molecule is BrCCOC(Br)(OCCBr)OCCBr. The molecule has 86 valence electrons. The molecule has 0 bridgehead atoms. The summed E-state index contributed by atoms with van der Waals surface area (Å²) in [5.41, 5.74) is 0. The summed E-state index contributed by atoms with van der Waals surface area (Å²) in [4.78, 5) is -1.12. The Bertz CT molecular complexity index is 114. The van der Waals surface area contributed by atoms with Crippen molar-refractivity contribution in [3.8, 4) is 0 Å². The van der Waals surface area contributed by atoms with Crippen molar-refractivity contribution in [1.29, 1.82) is 0 Å². The van der Waals surface area contributed by atoms with E-state index in [9.17, 15) is 0 Å². The van der Waals surface area contributed by atoms with Gasteiger partial charge in [-0.2, -0.15) is 0 Å². The van der Waals surface area contributed by atoms with Crippen LogP contribution < -0.4 is 0 Å². The summed E-state index contributed by atoms with van der Waals surface area (Å²) < 4.78 is 16.1. The van der Waals surface area contributed by atoms with Gasteiger partial charge in [0, 0.05) is 31.9 Å². The molecule has 3 nitrogen and oxygen atoms in total. The van der Waals surface area contributed by atoms with E-state index in [0.29, 0.717) is 19.8 Å². The Morgan fingerprint density at radius 1 is 0.714 bits per heavy atom. The molecule has 0 N–H and O–H groups in total. The van der Waals surface area contributed by atoms with E-state index in [-0.39, 0.29) is 0 Å². The molecule has 0 aliphatic heterocycles. The first-order chi connectivity index (χ1) is 6.68. The highest BCUT2D eigenvalue weighted by atomic mass is 79.9. The van der Waals surface area contributed by atoms with Gasteiger partial charge < -0.3 is 14.2 Å². The molecular formula is C7H12Br4O3. The van der Waals surface area contributed by atoms with Gasteiger partial charge >= 0.3 is 4.88 Å². The molecule has 0 saturated heterocycles. The third-order valence-electron chi connectivity index (χ3n) is 1.05. The maximum atomic E-state index is 5.37. The van der Waals surface area contributed by atoms with Crippen LogP contribution in [0, 0.1) is 0 Å². The zero-order chi connectivity index (χ0) is 10.9. The number of alkyl halides is 4. The van der Waals surface area contributed by atoms with Gasteiger partial charge in [0.15, 0.2) is 0 Å². The number of halogens is 4. The molecule has 0 rings (SSSR count). The van der Waals surface area contributed by atoms with Crippen LogP contribution in [-0.2, 0) is 14.2 Å². The smallest absolute Gasteiger partial charge is 0.317 e. The van der Waals surface area contributed by atoms with Gasteiger partial charge in [-0.1, -0.05) is 47.8 Å². The summed E-state index contributed by atoms with van der Waals surface area (Å²) in [5.74, 6) is 0. The van der Waals surface area contributed by atoms with E-state index < -0.39 is 4.88 Å². The first-order valence-electron chi connectivity index (χ1n) is 3.97. The van der Waals surface area contributed by atoms with Gasteiger partial charge in [-0.05, 0) is 0 Å². The lowest BCUT2D eigenvalue weighted by molar-refractivity contribution is -0.305.